The van der Waals surface area contributed by atoms with E-state index >= 15 is 0 Å². The fourth-order valence-electron chi connectivity index (χ4n) is 2.39. The monoisotopic (exact) mass is 319 g/mol. The summed E-state index contributed by atoms with van der Waals surface area (Å²) in [5.74, 6) is 0.401. The average Bonchev–Trinajstić information content (AvgIpc) is 3.00. The topological polar surface area (TPSA) is 46.9 Å². The molecule has 2 aromatic rings. The first kappa shape index (κ1) is 16.7. The van der Waals surface area contributed by atoms with Crippen LogP contribution in [0.5, 0.6) is 0 Å². The van der Waals surface area contributed by atoms with E-state index in [9.17, 15) is 4.79 Å². The molecule has 0 aliphatic heterocycles. The number of rotatable bonds is 6. The molecule has 4 nitrogen and oxygen atoms in total. The second-order valence-corrected chi connectivity index (χ2v) is 7.53. The SMILES string of the molecule is CCCn1nc(-c2cc(C)sc2C)cc1C(=O)NCC(C)C. The fourth-order valence-corrected chi connectivity index (χ4v) is 3.32. The van der Waals surface area contributed by atoms with E-state index in [0.29, 0.717) is 18.2 Å². The largest absolute Gasteiger partial charge is 0.350 e. The number of hydrogen-bond donors (Lipinski definition) is 1. The smallest absolute Gasteiger partial charge is 0.269 e. The Morgan fingerprint density at radius 2 is 2.09 bits per heavy atom. The molecule has 0 fully saturated rings. The predicted molar refractivity (Wildman–Crippen MR) is 92.5 cm³/mol. The highest BCUT2D eigenvalue weighted by atomic mass is 32.1. The molecule has 0 bridgehead atoms. The number of nitrogens with one attached hydrogen (secondary N) is 1. The molecule has 0 saturated carbocycles. The van der Waals surface area contributed by atoms with Gasteiger partial charge in [-0.05, 0) is 38.3 Å². The molecule has 0 atom stereocenters. The van der Waals surface area contributed by atoms with Crippen molar-refractivity contribution in [3.63, 3.8) is 0 Å². The number of aryl methyl sites for hydroxylation is 3. The molecule has 0 unspecified atom stereocenters. The van der Waals surface area contributed by atoms with E-state index in [0.717, 1.165) is 24.2 Å². The molecule has 0 aromatic carbocycles. The zero-order valence-corrected chi connectivity index (χ0v) is 14.9. The van der Waals surface area contributed by atoms with Crippen molar-refractivity contribution in [1.29, 1.82) is 0 Å². The highest BCUT2D eigenvalue weighted by Crippen LogP contribution is 2.30. The molecule has 1 amide bonds. The summed E-state index contributed by atoms with van der Waals surface area (Å²) in [5.41, 5.74) is 2.68. The van der Waals surface area contributed by atoms with Gasteiger partial charge in [-0.2, -0.15) is 5.10 Å². The second kappa shape index (κ2) is 7.09. The molecule has 22 heavy (non-hydrogen) atoms. The van der Waals surface area contributed by atoms with Crippen LogP contribution in [0, 0.1) is 19.8 Å². The summed E-state index contributed by atoms with van der Waals surface area (Å²) < 4.78 is 1.83. The van der Waals surface area contributed by atoms with Gasteiger partial charge < -0.3 is 5.32 Å². The van der Waals surface area contributed by atoms with Gasteiger partial charge in [0, 0.05) is 28.4 Å². The molecular formula is C17H25N3OS. The van der Waals surface area contributed by atoms with Gasteiger partial charge >= 0.3 is 0 Å². The van der Waals surface area contributed by atoms with Crippen LogP contribution in [-0.4, -0.2) is 22.2 Å². The number of hydrogen-bond acceptors (Lipinski definition) is 3. The summed E-state index contributed by atoms with van der Waals surface area (Å²) in [6.45, 7) is 11.9. The second-order valence-electron chi connectivity index (χ2n) is 6.07. The van der Waals surface area contributed by atoms with Crippen LogP contribution < -0.4 is 5.32 Å². The third-order valence-corrected chi connectivity index (χ3v) is 4.40. The predicted octanol–water partition coefficient (Wildman–Crippen LogP) is 4.02. The first-order valence-electron chi connectivity index (χ1n) is 7.85. The Hall–Kier alpha value is -1.62. The molecule has 1 N–H and O–H groups in total. The number of carbonyl (C=O) groups excluding carboxylic acids is 1. The van der Waals surface area contributed by atoms with Crippen LogP contribution in [0.25, 0.3) is 11.3 Å². The maximum absolute atomic E-state index is 12.4. The van der Waals surface area contributed by atoms with Gasteiger partial charge in [-0.15, -0.1) is 11.3 Å². The van der Waals surface area contributed by atoms with Crippen LogP contribution in [0.4, 0.5) is 0 Å². The van der Waals surface area contributed by atoms with E-state index in [1.807, 2.05) is 10.7 Å². The molecule has 0 spiro atoms. The van der Waals surface area contributed by atoms with Gasteiger partial charge in [0.15, 0.2) is 0 Å². The summed E-state index contributed by atoms with van der Waals surface area (Å²) in [5, 5.41) is 7.64. The van der Waals surface area contributed by atoms with E-state index in [1.165, 1.54) is 9.75 Å². The highest BCUT2D eigenvalue weighted by molar-refractivity contribution is 7.12. The van der Waals surface area contributed by atoms with Gasteiger partial charge in [0.25, 0.3) is 5.91 Å². The summed E-state index contributed by atoms with van der Waals surface area (Å²) in [6, 6.07) is 4.06. The van der Waals surface area contributed by atoms with Crippen molar-refractivity contribution in [1.82, 2.24) is 15.1 Å². The van der Waals surface area contributed by atoms with Crippen LogP contribution in [0.2, 0.25) is 0 Å². The van der Waals surface area contributed by atoms with E-state index in [4.69, 9.17) is 0 Å². The Labute approximate surface area is 136 Å². The summed E-state index contributed by atoms with van der Waals surface area (Å²) in [4.78, 5) is 14.9. The van der Waals surface area contributed by atoms with Crippen LogP contribution in [-0.2, 0) is 6.54 Å². The van der Waals surface area contributed by atoms with Crippen LogP contribution in [0.3, 0.4) is 0 Å². The molecule has 120 valence electrons. The minimum atomic E-state index is -0.0366. The van der Waals surface area contributed by atoms with Crippen molar-refractivity contribution < 1.29 is 4.79 Å². The molecule has 0 radical (unpaired) electrons. The van der Waals surface area contributed by atoms with Crippen molar-refractivity contribution >= 4 is 17.2 Å². The Morgan fingerprint density at radius 1 is 1.36 bits per heavy atom. The molecule has 5 heteroatoms. The van der Waals surface area contributed by atoms with Gasteiger partial charge in [0.2, 0.25) is 0 Å². The lowest BCUT2D eigenvalue weighted by atomic mass is 10.1. The zero-order chi connectivity index (χ0) is 16.3. The molecule has 0 aliphatic rings. The summed E-state index contributed by atoms with van der Waals surface area (Å²) in [7, 11) is 0. The van der Waals surface area contributed by atoms with Crippen molar-refractivity contribution in [2.45, 2.75) is 47.6 Å². The lowest BCUT2D eigenvalue weighted by Gasteiger charge is -2.08. The van der Waals surface area contributed by atoms with Crippen LogP contribution in [0.1, 0.15) is 47.4 Å². The lowest BCUT2D eigenvalue weighted by molar-refractivity contribution is 0.0938. The van der Waals surface area contributed by atoms with Gasteiger partial charge in [0.1, 0.15) is 5.69 Å². The highest BCUT2D eigenvalue weighted by Gasteiger charge is 2.17. The third-order valence-electron chi connectivity index (χ3n) is 3.44. The quantitative estimate of drug-likeness (QED) is 0.874. The Bertz CT molecular complexity index is 655. The van der Waals surface area contributed by atoms with E-state index in [2.05, 4.69) is 51.1 Å². The van der Waals surface area contributed by atoms with Crippen molar-refractivity contribution in [3.05, 3.63) is 27.6 Å². The minimum absolute atomic E-state index is 0.0366. The van der Waals surface area contributed by atoms with Crippen molar-refractivity contribution in [2.24, 2.45) is 5.92 Å². The fraction of sp³-hybridized carbons (Fsp3) is 0.529. The summed E-state index contributed by atoms with van der Waals surface area (Å²) in [6.07, 6.45) is 0.952. The lowest BCUT2D eigenvalue weighted by Crippen LogP contribution is -2.29. The van der Waals surface area contributed by atoms with E-state index in [1.54, 1.807) is 11.3 Å². The molecule has 2 aromatic heterocycles. The Kier molecular flexibility index (Phi) is 5.40. The summed E-state index contributed by atoms with van der Waals surface area (Å²) >= 11 is 1.77. The Morgan fingerprint density at radius 3 is 2.64 bits per heavy atom. The van der Waals surface area contributed by atoms with Gasteiger partial charge in [-0.1, -0.05) is 20.8 Å². The normalized spacial score (nSPS) is 11.2. The Balaban J connectivity index is 2.33. The molecule has 0 saturated heterocycles. The molecule has 2 heterocycles. The number of nitrogens with zero attached hydrogens (tertiary/aromatic N) is 2. The minimum Gasteiger partial charge on any atom is -0.350 e. The van der Waals surface area contributed by atoms with Crippen LogP contribution >= 0.6 is 11.3 Å². The number of carbonyl (C=O) groups is 1. The van der Waals surface area contributed by atoms with Gasteiger partial charge in [-0.25, -0.2) is 0 Å². The first-order valence-corrected chi connectivity index (χ1v) is 8.67. The molecule has 2 rings (SSSR count). The first-order chi connectivity index (χ1) is 10.4. The van der Waals surface area contributed by atoms with E-state index in [-0.39, 0.29) is 5.91 Å². The third kappa shape index (κ3) is 3.77. The number of aromatic nitrogens is 2. The van der Waals surface area contributed by atoms with Crippen molar-refractivity contribution in [3.8, 4) is 11.3 Å². The number of thiophene rings is 1. The maximum atomic E-state index is 12.4. The van der Waals surface area contributed by atoms with Gasteiger partial charge in [0.05, 0.1) is 5.69 Å². The van der Waals surface area contributed by atoms with Gasteiger partial charge in [-0.3, -0.25) is 9.48 Å². The maximum Gasteiger partial charge on any atom is 0.269 e. The van der Waals surface area contributed by atoms with E-state index < -0.39 is 0 Å². The average molecular weight is 319 g/mol. The standard InChI is InChI=1S/C17H25N3OS/c1-6-7-20-16(17(21)18-10-11(2)3)9-15(19-20)14-8-12(4)22-13(14)5/h8-9,11H,6-7,10H2,1-5H3,(H,18,21). The molecule has 0 aliphatic carbocycles. The zero-order valence-electron chi connectivity index (χ0n) is 14.1. The number of amides is 1. The molecular weight excluding hydrogens is 294 g/mol. The van der Waals surface area contributed by atoms with Crippen LogP contribution in [0.15, 0.2) is 12.1 Å². The van der Waals surface area contributed by atoms with Crippen molar-refractivity contribution in [2.75, 3.05) is 6.54 Å².